The summed E-state index contributed by atoms with van der Waals surface area (Å²) in [7, 11) is 4.06. The van der Waals surface area contributed by atoms with E-state index in [4.69, 9.17) is 5.73 Å². The van der Waals surface area contributed by atoms with E-state index in [0.717, 1.165) is 0 Å². The van der Waals surface area contributed by atoms with Crippen molar-refractivity contribution >= 4 is 24.8 Å². The third-order valence-electron chi connectivity index (χ3n) is 2.70. The SMILES string of the molecule is Cl.Cl.Cn1ccn(C)[c]1=[Pt].NC1CCCCC1. The van der Waals surface area contributed by atoms with E-state index in [-0.39, 0.29) is 24.8 Å². The summed E-state index contributed by atoms with van der Waals surface area (Å²) in [5.74, 6) is 0. The van der Waals surface area contributed by atoms with Crippen LogP contribution in [0.3, 0.4) is 0 Å². The number of nitrogens with zero attached hydrogens (tertiary/aromatic N) is 2. The molecule has 0 unspecified atom stereocenters. The van der Waals surface area contributed by atoms with Gasteiger partial charge in [0.2, 0.25) is 0 Å². The largest absolute Gasteiger partial charge is 0.328 e. The summed E-state index contributed by atoms with van der Waals surface area (Å²) in [4.78, 5) is 0. The van der Waals surface area contributed by atoms with Gasteiger partial charge in [0.1, 0.15) is 0 Å². The quantitative estimate of drug-likeness (QED) is 0.631. The molecule has 1 aromatic rings. The molecule has 17 heavy (non-hydrogen) atoms. The number of aryl methyl sites for hydroxylation is 2. The fraction of sp³-hybridized carbons (Fsp3) is 0.727. The number of aromatic nitrogens is 2. The Balaban J connectivity index is 0. The molecule has 6 heteroatoms. The minimum absolute atomic E-state index is 0. The van der Waals surface area contributed by atoms with Crippen LogP contribution in [0, 0.1) is 3.80 Å². The van der Waals surface area contributed by atoms with Gasteiger partial charge in [-0.1, -0.05) is 19.3 Å². The minimum Gasteiger partial charge on any atom is -0.328 e. The maximum absolute atomic E-state index is 5.63. The van der Waals surface area contributed by atoms with Crippen molar-refractivity contribution in [2.24, 2.45) is 19.8 Å². The Hall–Kier alpha value is 0.438. The minimum atomic E-state index is 0. The molecule has 2 rings (SSSR count). The third-order valence-corrected chi connectivity index (χ3v) is 4.31. The molecular formula is C11H23Cl2N3Pt. The number of nitrogens with two attached hydrogens (primary N) is 1. The van der Waals surface area contributed by atoms with E-state index in [9.17, 15) is 0 Å². The second-order valence-electron chi connectivity index (χ2n) is 4.16. The summed E-state index contributed by atoms with van der Waals surface area (Å²) in [6, 6.07) is 0.536. The van der Waals surface area contributed by atoms with Crippen molar-refractivity contribution in [2.75, 3.05) is 0 Å². The van der Waals surface area contributed by atoms with Crippen LogP contribution in [-0.4, -0.2) is 15.2 Å². The molecule has 1 heterocycles. The standard InChI is InChI=1S/C6H13N.C5H8N2.2ClH.Pt/c7-6-4-2-1-3-5-6;1-6-3-4-7(2)5-6;;;/h6H,1-5,7H2;3-4H,1-2H3;2*1H;. The molecular weight excluding hydrogens is 440 g/mol. The topological polar surface area (TPSA) is 35.9 Å². The molecule has 1 aliphatic rings. The van der Waals surface area contributed by atoms with Crippen LogP contribution in [-0.2, 0) is 33.4 Å². The van der Waals surface area contributed by atoms with Crippen LogP contribution in [0.4, 0.5) is 0 Å². The third kappa shape index (κ3) is 7.46. The predicted octanol–water partition coefficient (Wildman–Crippen LogP) is 2.56. The fourth-order valence-electron chi connectivity index (χ4n) is 1.70. The van der Waals surface area contributed by atoms with Crippen LogP contribution in [0.2, 0.25) is 0 Å². The normalized spacial score (nSPS) is 15.1. The first-order chi connectivity index (χ1) is 7.11. The Kier molecular flexibility index (Phi) is 12.1. The zero-order chi connectivity index (χ0) is 11.3. The Bertz CT molecular complexity index is 320. The molecule has 2 N–H and O–H groups in total. The van der Waals surface area contributed by atoms with Crippen molar-refractivity contribution in [1.82, 2.24) is 9.13 Å². The van der Waals surface area contributed by atoms with E-state index in [0.29, 0.717) is 6.04 Å². The second kappa shape index (κ2) is 10.4. The van der Waals surface area contributed by atoms with Crippen LogP contribution in [0.15, 0.2) is 12.4 Å². The first-order valence-corrected chi connectivity index (χ1v) is 6.64. The monoisotopic (exact) mass is 462 g/mol. The Morgan fingerprint density at radius 1 is 1.06 bits per heavy atom. The summed E-state index contributed by atoms with van der Waals surface area (Å²) in [5, 5.41) is 0. The van der Waals surface area contributed by atoms with Crippen LogP contribution < -0.4 is 5.73 Å². The number of imidazole rings is 1. The summed E-state index contributed by atoms with van der Waals surface area (Å²) >= 11 is 2.27. The van der Waals surface area contributed by atoms with Crippen LogP contribution in [0.1, 0.15) is 32.1 Å². The van der Waals surface area contributed by atoms with Gasteiger partial charge in [0.15, 0.2) is 0 Å². The molecule has 1 saturated carbocycles. The van der Waals surface area contributed by atoms with Crippen molar-refractivity contribution in [3.05, 3.63) is 16.2 Å². The maximum Gasteiger partial charge on any atom is 0.00388 e. The zero-order valence-electron chi connectivity index (χ0n) is 10.4. The van der Waals surface area contributed by atoms with E-state index in [2.05, 4.69) is 28.5 Å². The average Bonchev–Trinajstić information content (AvgIpc) is 2.52. The van der Waals surface area contributed by atoms with Gasteiger partial charge in [-0.15, -0.1) is 24.8 Å². The van der Waals surface area contributed by atoms with Crippen molar-refractivity contribution in [1.29, 1.82) is 0 Å². The Morgan fingerprint density at radius 2 is 1.47 bits per heavy atom. The number of halogens is 2. The van der Waals surface area contributed by atoms with Gasteiger partial charge in [0.05, 0.1) is 0 Å². The molecule has 3 nitrogen and oxygen atoms in total. The predicted molar refractivity (Wildman–Crippen MR) is 73.2 cm³/mol. The summed E-state index contributed by atoms with van der Waals surface area (Å²) < 4.78 is 5.38. The van der Waals surface area contributed by atoms with E-state index < -0.39 is 0 Å². The second-order valence-corrected chi connectivity index (χ2v) is 5.18. The molecule has 0 aromatic carbocycles. The molecule has 1 aliphatic carbocycles. The summed E-state index contributed by atoms with van der Waals surface area (Å²) in [6.07, 6.45) is 10.7. The van der Waals surface area contributed by atoms with E-state index in [1.54, 1.807) is 0 Å². The van der Waals surface area contributed by atoms with Crippen molar-refractivity contribution in [2.45, 2.75) is 38.1 Å². The van der Waals surface area contributed by atoms with E-state index >= 15 is 0 Å². The van der Waals surface area contributed by atoms with Gasteiger partial charge in [-0.2, -0.15) is 0 Å². The van der Waals surface area contributed by atoms with Gasteiger partial charge < -0.3 is 5.73 Å². The summed E-state index contributed by atoms with van der Waals surface area (Å²) in [5.41, 5.74) is 5.63. The van der Waals surface area contributed by atoms with E-state index in [1.807, 2.05) is 26.5 Å². The molecule has 1 fully saturated rings. The number of hydrogen-bond acceptors (Lipinski definition) is 1. The van der Waals surface area contributed by atoms with Gasteiger partial charge in [-0.05, 0) is 12.8 Å². The molecule has 1 aromatic heterocycles. The molecule has 0 saturated heterocycles. The van der Waals surface area contributed by atoms with E-state index in [1.165, 1.54) is 35.9 Å². The van der Waals surface area contributed by atoms with Crippen molar-refractivity contribution in [3.8, 4) is 0 Å². The molecule has 106 valence electrons. The molecule has 0 amide bonds. The van der Waals surface area contributed by atoms with Gasteiger partial charge in [-0.3, -0.25) is 0 Å². The molecule has 0 radical (unpaired) electrons. The van der Waals surface area contributed by atoms with Crippen LogP contribution in [0.5, 0.6) is 0 Å². The van der Waals surface area contributed by atoms with Crippen molar-refractivity contribution in [3.63, 3.8) is 0 Å². The fourth-order valence-corrected chi connectivity index (χ4v) is 2.04. The number of rotatable bonds is 0. The first kappa shape index (κ1) is 19.8. The first-order valence-electron chi connectivity index (χ1n) is 5.50. The Morgan fingerprint density at radius 3 is 1.65 bits per heavy atom. The summed E-state index contributed by atoms with van der Waals surface area (Å²) in [6.45, 7) is 0. The Labute approximate surface area is 127 Å². The molecule has 0 bridgehead atoms. The molecule has 0 spiro atoms. The average molecular weight is 463 g/mol. The molecule has 0 aliphatic heterocycles. The number of hydrogen-bond donors (Lipinski definition) is 1. The van der Waals surface area contributed by atoms with Gasteiger partial charge in [0, 0.05) is 6.04 Å². The van der Waals surface area contributed by atoms with Gasteiger partial charge in [-0.25, -0.2) is 0 Å². The van der Waals surface area contributed by atoms with Gasteiger partial charge in [0.25, 0.3) is 0 Å². The maximum atomic E-state index is 5.63. The van der Waals surface area contributed by atoms with Crippen molar-refractivity contribution < 1.29 is 19.4 Å². The molecule has 0 atom stereocenters. The zero-order valence-corrected chi connectivity index (χ0v) is 14.3. The van der Waals surface area contributed by atoms with Gasteiger partial charge >= 0.3 is 58.8 Å². The smallest absolute Gasteiger partial charge is 0.00388 e. The van der Waals surface area contributed by atoms with Crippen LogP contribution in [0.25, 0.3) is 0 Å². The van der Waals surface area contributed by atoms with Crippen LogP contribution >= 0.6 is 24.8 Å².